The van der Waals surface area contributed by atoms with Crippen LogP contribution >= 0.6 is 0 Å². The molecule has 148 valence electrons. The minimum absolute atomic E-state index is 0.0142. The van der Waals surface area contributed by atoms with E-state index in [1.807, 2.05) is 13.8 Å². The van der Waals surface area contributed by atoms with Crippen molar-refractivity contribution in [3.05, 3.63) is 55.9 Å². The smallest absolute Gasteiger partial charge is 0.332 e. The fourth-order valence-corrected chi connectivity index (χ4v) is 3.17. The third-order valence-corrected chi connectivity index (χ3v) is 4.51. The maximum atomic E-state index is 12.9. The third-order valence-electron chi connectivity index (χ3n) is 4.51. The Morgan fingerprint density at radius 2 is 1.89 bits per heavy atom. The van der Waals surface area contributed by atoms with Crippen molar-refractivity contribution in [2.75, 3.05) is 19.0 Å². The van der Waals surface area contributed by atoms with Crippen LogP contribution in [0.4, 0.5) is 5.82 Å². The van der Waals surface area contributed by atoms with Crippen LogP contribution in [-0.4, -0.2) is 28.6 Å². The molecule has 0 bridgehead atoms. The Labute approximate surface area is 162 Å². The molecule has 1 aliphatic rings. The lowest BCUT2D eigenvalue weighted by molar-refractivity contribution is 0.104. The first-order valence-electron chi connectivity index (χ1n) is 9.11. The lowest BCUT2D eigenvalue weighted by Crippen LogP contribution is -2.40. The van der Waals surface area contributed by atoms with Crippen LogP contribution in [0.5, 0.6) is 11.5 Å². The number of nitrogens with zero attached hydrogens (tertiary/aromatic N) is 2. The van der Waals surface area contributed by atoms with Crippen molar-refractivity contribution in [2.45, 2.75) is 26.8 Å². The topological polar surface area (TPSA) is 91.6 Å². The van der Waals surface area contributed by atoms with E-state index in [9.17, 15) is 14.4 Å². The number of carbonyl (C=O) groups excluding carboxylic acids is 1. The predicted molar refractivity (Wildman–Crippen MR) is 106 cm³/mol. The molecule has 28 heavy (non-hydrogen) atoms. The number of methoxy groups -OCH3 is 1. The summed E-state index contributed by atoms with van der Waals surface area (Å²) in [4.78, 5) is 37.8. The van der Waals surface area contributed by atoms with Gasteiger partial charge in [0, 0.05) is 13.6 Å². The number of hydrogen-bond donors (Lipinski definition) is 1. The second-order valence-corrected chi connectivity index (χ2v) is 6.38. The van der Waals surface area contributed by atoms with Gasteiger partial charge in [-0.15, -0.1) is 0 Å². The highest BCUT2D eigenvalue weighted by Crippen LogP contribution is 2.31. The number of aromatic nitrogens is 2. The minimum atomic E-state index is -0.600. The maximum Gasteiger partial charge on any atom is 0.332 e. The Morgan fingerprint density at radius 3 is 2.54 bits per heavy atom. The highest BCUT2D eigenvalue weighted by molar-refractivity contribution is 6.19. The molecule has 1 N–H and O–H groups in total. The third kappa shape index (κ3) is 3.21. The highest BCUT2D eigenvalue weighted by Gasteiger charge is 2.32. The lowest BCUT2D eigenvalue weighted by Gasteiger charge is -2.11. The van der Waals surface area contributed by atoms with Crippen LogP contribution in [0.1, 0.15) is 36.2 Å². The van der Waals surface area contributed by atoms with Crippen molar-refractivity contribution < 1.29 is 14.3 Å². The molecule has 0 atom stereocenters. The fraction of sp³-hybridized carbons (Fsp3) is 0.350. The van der Waals surface area contributed by atoms with Gasteiger partial charge in [-0.2, -0.15) is 0 Å². The second-order valence-electron chi connectivity index (χ2n) is 6.38. The SMILES string of the molecule is CCCn1c2c(c(=O)n(C)c1=O)C(=O)/C(=C/c1ccc(OCC)c(OC)c1)N2. The summed E-state index contributed by atoms with van der Waals surface area (Å²) < 4.78 is 13.2. The van der Waals surface area contributed by atoms with Crippen molar-refractivity contribution in [3.8, 4) is 11.5 Å². The molecule has 0 fully saturated rings. The van der Waals surface area contributed by atoms with Gasteiger partial charge in [-0.3, -0.25) is 18.7 Å². The number of allylic oxidation sites excluding steroid dienone is 1. The number of ether oxygens (including phenoxy) is 2. The first kappa shape index (κ1) is 19.5. The van der Waals surface area contributed by atoms with Gasteiger partial charge in [-0.05, 0) is 37.1 Å². The number of anilines is 1. The van der Waals surface area contributed by atoms with Crippen LogP contribution in [0.3, 0.4) is 0 Å². The zero-order chi connectivity index (χ0) is 20.4. The second kappa shape index (κ2) is 7.75. The van der Waals surface area contributed by atoms with Crippen LogP contribution in [0.25, 0.3) is 6.08 Å². The molecule has 0 radical (unpaired) electrons. The summed E-state index contributed by atoms with van der Waals surface area (Å²) in [5.41, 5.74) is -0.133. The van der Waals surface area contributed by atoms with Crippen molar-refractivity contribution >= 4 is 17.7 Å². The van der Waals surface area contributed by atoms with Crippen molar-refractivity contribution in [2.24, 2.45) is 7.05 Å². The molecule has 0 saturated carbocycles. The normalized spacial score (nSPS) is 14.1. The molecular formula is C20H23N3O5. The maximum absolute atomic E-state index is 12.9. The minimum Gasteiger partial charge on any atom is -0.493 e. The number of benzene rings is 1. The van der Waals surface area contributed by atoms with Crippen LogP contribution in [-0.2, 0) is 13.6 Å². The molecule has 0 aliphatic carbocycles. The standard InChI is InChI=1S/C20H23N3O5/c1-5-9-23-18-16(19(25)22(3)20(23)26)17(24)13(21-18)10-12-7-8-14(28-6-2)15(11-12)27-4/h7-8,10-11,21H,5-6,9H2,1-4H3/b13-10-. The zero-order valence-corrected chi connectivity index (χ0v) is 16.4. The van der Waals surface area contributed by atoms with E-state index in [-0.39, 0.29) is 17.1 Å². The van der Waals surface area contributed by atoms with Gasteiger partial charge in [0.05, 0.1) is 19.4 Å². The quantitative estimate of drug-likeness (QED) is 0.765. The van der Waals surface area contributed by atoms with Gasteiger partial charge in [0.15, 0.2) is 11.5 Å². The molecule has 2 heterocycles. The van der Waals surface area contributed by atoms with Crippen molar-refractivity contribution in [1.29, 1.82) is 0 Å². The summed E-state index contributed by atoms with van der Waals surface area (Å²) in [6, 6.07) is 5.29. The predicted octanol–water partition coefficient (Wildman–Crippen LogP) is 2.01. The van der Waals surface area contributed by atoms with E-state index in [1.54, 1.807) is 24.3 Å². The van der Waals surface area contributed by atoms with Gasteiger partial charge < -0.3 is 14.8 Å². The van der Waals surface area contributed by atoms with Gasteiger partial charge in [-0.1, -0.05) is 13.0 Å². The number of rotatable bonds is 6. The van der Waals surface area contributed by atoms with E-state index in [4.69, 9.17) is 9.47 Å². The van der Waals surface area contributed by atoms with Crippen LogP contribution in [0.2, 0.25) is 0 Å². The summed E-state index contributed by atoms with van der Waals surface area (Å²) in [6.07, 6.45) is 2.32. The zero-order valence-electron chi connectivity index (χ0n) is 16.4. The molecular weight excluding hydrogens is 362 g/mol. The summed E-state index contributed by atoms with van der Waals surface area (Å²) in [6.45, 7) is 4.71. The Bertz CT molecular complexity index is 1080. The van der Waals surface area contributed by atoms with Crippen LogP contribution < -0.4 is 26.0 Å². The number of nitrogens with one attached hydrogen (secondary N) is 1. The molecule has 1 aliphatic heterocycles. The summed E-state index contributed by atoms with van der Waals surface area (Å²) in [7, 11) is 2.92. The number of hydrogen-bond acceptors (Lipinski definition) is 6. The van der Waals surface area contributed by atoms with Gasteiger partial charge in [0.25, 0.3) is 5.56 Å². The Hall–Kier alpha value is -3.29. The van der Waals surface area contributed by atoms with Gasteiger partial charge in [0.1, 0.15) is 11.4 Å². The fourth-order valence-electron chi connectivity index (χ4n) is 3.17. The monoisotopic (exact) mass is 385 g/mol. The summed E-state index contributed by atoms with van der Waals surface area (Å²) in [5.74, 6) is 0.960. The van der Waals surface area contributed by atoms with Crippen molar-refractivity contribution in [3.63, 3.8) is 0 Å². The number of ketones is 1. The first-order valence-corrected chi connectivity index (χ1v) is 9.11. The van der Waals surface area contributed by atoms with Gasteiger partial charge >= 0.3 is 5.69 Å². The van der Waals surface area contributed by atoms with E-state index in [1.165, 1.54) is 18.7 Å². The average Bonchev–Trinajstić information content (AvgIpc) is 3.01. The molecule has 2 aromatic rings. The lowest BCUT2D eigenvalue weighted by atomic mass is 10.1. The van der Waals surface area contributed by atoms with E-state index < -0.39 is 17.0 Å². The van der Waals surface area contributed by atoms with E-state index in [2.05, 4.69) is 5.32 Å². The van der Waals surface area contributed by atoms with Crippen LogP contribution in [0, 0.1) is 0 Å². The molecule has 0 saturated heterocycles. The van der Waals surface area contributed by atoms with E-state index in [0.717, 1.165) is 4.57 Å². The highest BCUT2D eigenvalue weighted by atomic mass is 16.5. The first-order chi connectivity index (χ1) is 13.4. The Kier molecular flexibility index (Phi) is 5.39. The molecule has 1 aromatic heterocycles. The molecule has 0 unspecified atom stereocenters. The largest absolute Gasteiger partial charge is 0.493 e. The van der Waals surface area contributed by atoms with E-state index >= 15 is 0 Å². The molecule has 0 spiro atoms. The summed E-state index contributed by atoms with van der Waals surface area (Å²) in [5, 5.41) is 2.96. The molecule has 1 aromatic carbocycles. The molecule has 0 amide bonds. The Morgan fingerprint density at radius 1 is 1.14 bits per heavy atom. The van der Waals surface area contributed by atoms with Gasteiger partial charge in [0.2, 0.25) is 5.78 Å². The number of Topliss-reactive ketones (excluding diaryl/α,β-unsaturated/α-hetero) is 1. The number of carbonyl (C=O) groups is 1. The molecule has 3 rings (SSSR count). The summed E-state index contributed by atoms with van der Waals surface area (Å²) >= 11 is 0. The Balaban J connectivity index is 2.08. The van der Waals surface area contributed by atoms with Crippen LogP contribution in [0.15, 0.2) is 33.5 Å². The van der Waals surface area contributed by atoms with Crippen molar-refractivity contribution in [1.82, 2.24) is 9.13 Å². The van der Waals surface area contributed by atoms with E-state index in [0.29, 0.717) is 36.6 Å². The number of fused-ring (bicyclic) bond motifs is 1. The average molecular weight is 385 g/mol. The molecule has 8 heteroatoms. The van der Waals surface area contributed by atoms with Gasteiger partial charge in [-0.25, -0.2) is 4.79 Å². The molecule has 8 nitrogen and oxygen atoms in total.